The highest BCUT2D eigenvalue weighted by atomic mass is 16.5. The molecule has 0 spiro atoms. The fraction of sp³-hybridized carbons (Fsp3) is 0.818. The molecule has 3 nitrogen and oxygen atoms in total. The molecule has 1 atom stereocenters. The molecule has 1 rings (SSSR count). The minimum Gasteiger partial charge on any atom is -0.384 e. The zero-order chi connectivity index (χ0) is 10.6. The van der Waals surface area contributed by atoms with E-state index in [1.165, 1.54) is 0 Å². The van der Waals surface area contributed by atoms with Crippen molar-refractivity contribution in [1.82, 2.24) is 0 Å². The number of carbonyl (C=O) groups excluding carboxylic acids is 2. The lowest BCUT2D eigenvalue weighted by Crippen LogP contribution is -2.25. The van der Waals surface area contributed by atoms with Crippen LogP contribution < -0.4 is 0 Å². The van der Waals surface area contributed by atoms with Crippen LogP contribution in [0.4, 0.5) is 0 Å². The molecule has 1 fully saturated rings. The molecule has 0 aromatic carbocycles. The standard InChI is InChI=1S/C11H18O3/c1-3-9(10(12)6-7-14-2)11(13)8-4-5-8/h8-9H,3-7H2,1-2H3. The quantitative estimate of drug-likeness (QED) is 0.583. The first-order chi connectivity index (χ1) is 6.70. The van der Waals surface area contributed by atoms with Gasteiger partial charge in [-0.05, 0) is 19.3 Å². The Labute approximate surface area is 84.8 Å². The zero-order valence-corrected chi connectivity index (χ0v) is 8.91. The Bertz CT molecular complexity index is 219. The van der Waals surface area contributed by atoms with Crippen molar-refractivity contribution in [3.63, 3.8) is 0 Å². The Morgan fingerprint density at radius 1 is 1.43 bits per heavy atom. The molecular weight excluding hydrogens is 180 g/mol. The molecule has 1 unspecified atom stereocenters. The van der Waals surface area contributed by atoms with Gasteiger partial charge in [-0.3, -0.25) is 9.59 Å². The van der Waals surface area contributed by atoms with Crippen LogP contribution in [0.1, 0.15) is 32.6 Å². The Morgan fingerprint density at radius 2 is 2.07 bits per heavy atom. The normalized spacial score (nSPS) is 17.9. The Morgan fingerprint density at radius 3 is 2.50 bits per heavy atom. The molecule has 0 saturated heterocycles. The van der Waals surface area contributed by atoms with Gasteiger partial charge in [0.1, 0.15) is 11.6 Å². The predicted octanol–water partition coefficient (Wildman–Crippen LogP) is 1.60. The molecule has 0 radical (unpaired) electrons. The van der Waals surface area contributed by atoms with Gasteiger partial charge in [-0.15, -0.1) is 0 Å². The van der Waals surface area contributed by atoms with Crippen molar-refractivity contribution in [2.75, 3.05) is 13.7 Å². The van der Waals surface area contributed by atoms with Crippen molar-refractivity contribution in [2.45, 2.75) is 32.6 Å². The van der Waals surface area contributed by atoms with Gasteiger partial charge in [0.05, 0.1) is 12.5 Å². The topological polar surface area (TPSA) is 43.4 Å². The van der Waals surface area contributed by atoms with Gasteiger partial charge in [-0.1, -0.05) is 6.92 Å². The summed E-state index contributed by atoms with van der Waals surface area (Å²) in [4.78, 5) is 23.3. The fourth-order valence-corrected chi connectivity index (χ4v) is 1.62. The summed E-state index contributed by atoms with van der Waals surface area (Å²) in [6.07, 6.45) is 2.96. The van der Waals surface area contributed by atoms with Crippen LogP contribution in [0.2, 0.25) is 0 Å². The first-order valence-electron chi connectivity index (χ1n) is 5.26. The minimum atomic E-state index is -0.363. The summed E-state index contributed by atoms with van der Waals surface area (Å²) in [5.41, 5.74) is 0. The number of ether oxygens (including phenoxy) is 1. The molecule has 80 valence electrons. The highest BCUT2D eigenvalue weighted by molar-refractivity contribution is 6.04. The lowest BCUT2D eigenvalue weighted by Gasteiger charge is -2.11. The molecule has 1 aliphatic rings. The maximum Gasteiger partial charge on any atom is 0.146 e. The van der Waals surface area contributed by atoms with E-state index in [0.717, 1.165) is 12.8 Å². The number of hydrogen-bond acceptors (Lipinski definition) is 3. The van der Waals surface area contributed by atoms with Crippen LogP contribution in [-0.2, 0) is 14.3 Å². The number of hydrogen-bond donors (Lipinski definition) is 0. The Kier molecular flexibility index (Phi) is 4.26. The molecule has 1 saturated carbocycles. The van der Waals surface area contributed by atoms with Crippen molar-refractivity contribution in [1.29, 1.82) is 0 Å². The van der Waals surface area contributed by atoms with E-state index >= 15 is 0 Å². The Hall–Kier alpha value is -0.700. The lowest BCUT2D eigenvalue weighted by molar-refractivity contribution is -0.134. The second kappa shape index (κ2) is 5.25. The van der Waals surface area contributed by atoms with E-state index in [1.54, 1.807) is 7.11 Å². The number of rotatable bonds is 7. The van der Waals surface area contributed by atoms with Gasteiger partial charge >= 0.3 is 0 Å². The molecular formula is C11H18O3. The van der Waals surface area contributed by atoms with E-state index in [2.05, 4.69) is 0 Å². The van der Waals surface area contributed by atoms with Gasteiger partial charge in [-0.25, -0.2) is 0 Å². The van der Waals surface area contributed by atoms with Gasteiger partial charge < -0.3 is 4.74 Å². The molecule has 0 aromatic rings. The highest BCUT2D eigenvalue weighted by Gasteiger charge is 2.36. The van der Waals surface area contributed by atoms with Crippen molar-refractivity contribution in [3.8, 4) is 0 Å². The van der Waals surface area contributed by atoms with E-state index in [4.69, 9.17) is 4.74 Å². The van der Waals surface area contributed by atoms with Crippen LogP contribution in [-0.4, -0.2) is 25.3 Å². The molecule has 0 aromatic heterocycles. The average Bonchev–Trinajstić information content (AvgIpc) is 2.98. The fourth-order valence-electron chi connectivity index (χ4n) is 1.62. The van der Waals surface area contributed by atoms with Crippen LogP contribution >= 0.6 is 0 Å². The number of Topliss-reactive ketones (excluding diaryl/α,β-unsaturated/α-hetero) is 2. The van der Waals surface area contributed by atoms with Crippen LogP contribution in [0.25, 0.3) is 0 Å². The van der Waals surface area contributed by atoms with E-state index in [1.807, 2.05) is 6.92 Å². The molecule has 0 heterocycles. The molecule has 0 amide bonds. The van der Waals surface area contributed by atoms with Gasteiger partial charge in [0.15, 0.2) is 0 Å². The highest BCUT2D eigenvalue weighted by Crippen LogP contribution is 2.33. The first-order valence-corrected chi connectivity index (χ1v) is 5.26. The molecule has 3 heteroatoms. The summed E-state index contributed by atoms with van der Waals surface area (Å²) in [7, 11) is 1.57. The second-order valence-electron chi connectivity index (χ2n) is 3.85. The third kappa shape index (κ3) is 2.91. The summed E-state index contributed by atoms with van der Waals surface area (Å²) in [6.45, 7) is 2.32. The summed E-state index contributed by atoms with van der Waals surface area (Å²) >= 11 is 0. The molecule has 0 bridgehead atoms. The zero-order valence-electron chi connectivity index (χ0n) is 8.91. The van der Waals surface area contributed by atoms with Crippen LogP contribution in [0, 0.1) is 11.8 Å². The average molecular weight is 198 g/mol. The van der Waals surface area contributed by atoms with Gasteiger partial charge in [0, 0.05) is 19.4 Å². The van der Waals surface area contributed by atoms with E-state index in [-0.39, 0.29) is 23.4 Å². The summed E-state index contributed by atoms with van der Waals surface area (Å²) in [6, 6.07) is 0. The molecule has 1 aliphatic carbocycles. The number of methoxy groups -OCH3 is 1. The third-order valence-corrected chi connectivity index (χ3v) is 2.67. The molecule has 14 heavy (non-hydrogen) atoms. The van der Waals surface area contributed by atoms with Crippen LogP contribution in [0.5, 0.6) is 0 Å². The largest absolute Gasteiger partial charge is 0.384 e. The van der Waals surface area contributed by atoms with E-state index in [9.17, 15) is 9.59 Å². The van der Waals surface area contributed by atoms with Gasteiger partial charge in [0.2, 0.25) is 0 Å². The summed E-state index contributed by atoms with van der Waals surface area (Å²) in [5.74, 6) is 0.0314. The van der Waals surface area contributed by atoms with Crippen LogP contribution in [0.15, 0.2) is 0 Å². The third-order valence-electron chi connectivity index (χ3n) is 2.67. The maximum atomic E-state index is 11.7. The SMILES string of the molecule is CCC(C(=O)CCOC)C(=O)C1CC1. The van der Waals surface area contributed by atoms with E-state index < -0.39 is 0 Å². The van der Waals surface area contributed by atoms with Gasteiger partial charge in [0.25, 0.3) is 0 Å². The maximum absolute atomic E-state index is 11.7. The Balaban J connectivity index is 2.42. The first kappa shape index (κ1) is 11.4. The van der Waals surface area contributed by atoms with Crippen molar-refractivity contribution >= 4 is 11.6 Å². The smallest absolute Gasteiger partial charge is 0.146 e. The molecule has 0 aliphatic heterocycles. The lowest BCUT2D eigenvalue weighted by atomic mass is 9.92. The molecule has 0 N–H and O–H groups in total. The number of carbonyl (C=O) groups is 2. The van der Waals surface area contributed by atoms with Crippen molar-refractivity contribution in [3.05, 3.63) is 0 Å². The number of ketones is 2. The van der Waals surface area contributed by atoms with Crippen molar-refractivity contribution < 1.29 is 14.3 Å². The van der Waals surface area contributed by atoms with Crippen molar-refractivity contribution in [2.24, 2.45) is 11.8 Å². The summed E-state index contributed by atoms with van der Waals surface area (Å²) in [5, 5.41) is 0. The van der Waals surface area contributed by atoms with Gasteiger partial charge in [-0.2, -0.15) is 0 Å². The van der Waals surface area contributed by atoms with Crippen LogP contribution in [0.3, 0.4) is 0 Å². The monoisotopic (exact) mass is 198 g/mol. The predicted molar refractivity (Wildman–Crippen MR) is 53.0 cm³/mol. The minimum absolute atomic E-state index is 0.0475. The van der Waals surface area contributed by atoms with E-state index in [0.29, 0.717) is 19.4 Å². The second-order valence-corrected chi connectivity index (χ2v) is 3.85. The summed E-state index contributed by atoms with van der Waals surface area (Å²) < 4.78 is 4.83.